The van der Waals surface area contributed by atoms with Crippen LogP contribution in [0.3, 0.4) is 0 Å². The van der Waals surface area contributed by atoms with Crippen molar-refractivity contribution in [1.29, 1.82) is 0 Å². The van der Waals surface area contributed by atoms with E-state index < -0.39 is 0 Å². The average Bonchev–Trinajstić information content (AvgIpc) is 2.79. The molecule has 1 N–H and O–H groups in total. The van der Waals surface area contributed by atoms with Gasteiger partial charge in [0.25, 0.3) is 11.5 Å². The first-order chi connectivity index (χ1) is 15.5. The van der Waals surface area contributed by atoms with Crippen LogP contribution < -0.4 is 10.3 Å². The number of nitrogens with zero attached hydrogens (tertiary/aromatic N) is 2. The summed E-state index contributed by atoms with van der Waals surface area (Å²) in [5.41, 5.74) is 3.33. The number of aromatic nitrogens is 2. The van der Waals surface area contributed by atoms with Gasteiger partial charge in [0.2, 0.25) is 0 Å². The molecule has 6 heteroatoms. The summed E-state index contributed by atoms with van der Waals surface area (Å²) < 4.78 is 5.90. The lowest BCUT2D eigenvalue weighted by atomic mass is 10.1. The molecule has 6 nitrogen and oxygen atoms in total. The maximum absolute atomic E-state index is 13.2. The first-order valence-corrected chi connectivity index (χ1v) is 10.5. The van der Waals surface area contributed by atoms with Gasteiger partial charge in [0.05, 0.1) is 17.4 Å². The zero-order valence-corrected chi connectivity index (χ0v) is 18.2. The Labute approximate surface area is 186 Å². The molecule has 1 heterocycles. The van der Waals surface area contributed by atoms with Crippen LogP contribution in [-0.4, -0.2) is 27.4 Å². The van der Waals surface area contributed by atoms with Gasteiger partial charge in [-0.05, 0) is 42.7 Å². The molecule has 3 aromatic carbocycles. The van der Waals surface area contributed by atoms with Crippen molar-refractivity contribution in [3.63, 3.8) is 0 Å². The lowest BCUT2D eigenvalue weighted by Gasteiger charge is -2.23. The van der Waals surface area contributed by atoms with E-state index in [1.54, 1.807) is 23.1 Å². The minimum absolute atomic E-state index is 0.101. The molecule has 32 heavy (non-hydrogen) atoms. The van der Waals surface area contributed by atoms with Gasteiger partial charge in [-0.1, -0.05) is 60.7 Å². The standard InChI is InChI=1S/C26H25N3O3/c1-18-9-8-10-19(2)25(18)32-17-24(30)29(15-20-11-4-3-5-12-20)16-23-27-22-14-7-6-13-21(22)26(31)28-23/h3-14H,15-17H2,1-2H3,(H,27,28,31). The van der Waals surface area contributed by atoms with Gasteiger partial charge in [-0.25, -0.2) is 4.98 Å². The molecule has 0 spiro atoms. The van der Waals surface area contributed by atoms with Gasteiger partial charge in [-0.3, -0.25) is 9.59 Å². The number of hydrogen-bond acceptors (Lipinski definition) is 4. The van der Waals surface area contributed by atoms with Gasteiger partial charge in [-0.15, -0.1) is 0 Å². The molecular weight excluding hydrogens is 402 g/mol. The molecule has 4 rings (SSSR count). The number of para-hydroxylation sites is 2. The van der Waals surface area contributed by atoms with Gasteiger partial charge in [-0.2, -0.15) is 0 Å². The number of nitrogens with one attached hydrogen (secondary N) is 1. The van der Waals surface area contributed by atoms with E-state index in [0.717, 1.165) is 22.4 Å². The van der Waals surface area contributed by atoms with Crippen molar-refractivity contribution in [2.24, 2.45) is 0 Å². The van der Waals surface area contributed by atoms with Crippen LogP contribution in [-0.2, 0) is 17.9 Å². The van der Waals surface area contributed by atoms with Gasteiger partial charge >= 0.3 is 0 Å². The van der Waals surface area contributed by atoms with E-state index in [-0.39, 0.29) is 24.6 Å². The molecule has 0 saturated heterocycles. The molecule has 0 fully saturated rings. The highest BCUT2D eigenvalue weighted by Crippen LogP contribution is 2.22. The molecule has 0 aliphatic heterocycles. The number of H-pyrrole nitrogens is 1. The van der Waals surface area contributed by atoms with Crippen LogP contribution in [0.15, 0.2) is 77.6 Å². The number of ether oxygens (including phenoxy) is 1. The van der Waals surface area contributed by atoms with Crippen LogP contribution in [0.4, 0.5) is 0 Å². The summed E-state index contributed by atoms with van der Waals surface area (Å²) in [5.74, 6) is 0.968. The summed E-state index contributed by atoms with van der Waals surface area (Å²) in [6.07, 6.45) is 0. The molecule has 0 bridgehead atoms. The van der Waals surface area contributed by atoms with E-state index in [1.807, 2.05) is 68.4 Å². The summed E-state index contributed by atoms with van der Waals surface area (Å²) in [4.78, 5) is 34.7. The van der Waals surface area contributed by atoms with Crippen LogP contribution in [0.1, 0.15) is 22.5 Å². The summed E-state index contributed by atoms with van der Waals surface area (Å²) in [6, 6.07) is 22.8. The second-order valence-electron chi connectivity index (χ2n) is 7.77. The Balaban J connectivity index is 1.58. The highest BCUT2D eigenvalue weighted by molar-refractivity contribution is 5.78. The largest absolute Gasteiger partial charge is 0.483 e. The lowest BCUT2D eigenvalue weighted by Crippen LogP contribution is -2.35. The Bertz CT molecular complexity index is 1280. The van der Waals surface area contributed by atoms with E-state index in [0.29, 0.717) is 23.3 Å². The summed E-state index contributed by atoms with van der Waals surface area (Å²) in [6.45, 7) is 4.36. The maximum Gasteiger partial charge on any atom is 0.261 e. The Kier molecular flexibility index (Phi) is 6.31. The molecule has 0 atom stereocenters. The van der Waals surface area contributed by atoms with Crippen LogP contribution >= 0.6 is 0 Å². The maximum atomic E-state index is 13.2. The van der Waals surface area contributed by atoms with Crippen LogP contribution in [0.25, 0.3) is 10.9 Å². The topological polar surface area (TPSA) is 75.3 Å². The molecule has 4 aromatic rings. The highest BCUT2D eigenvalue weighted by atomic mass is 16.5. The fourth-order valence-electron chi connectivity index (χ4n) is 3.68. The van der Waals surface area contributed by atoms with Gasteiger partial charge in [0.15, 0.2) is 6.61 Å². The number of benzene rings is 3. The van der Waals surface area contributed by atoms with Crippen molar-refractivity contribution >= 4 is 16.8 Å². The van der Waals surface area contributed by atoms with E-state index in [2.05, 4.69) is 9.97 Å². The number of aromatic amines is 1. The van der Waals surface area contributed by atoms with Crippen LogP contribution in [0.2, 0.25) is 0 Å². The monoisotopic (exact) mass is 427 g/mol. The Morgan fingerprint density at radius 3 is 2.34 bits per heavy atom. The number of hydrogen-bond donors (Lipinski definition) is 1. The molecule has 0 unspecified atom stereocenters. The first kappa shape index (κ1) is 21.3. The Hall–Kier alpha value is -3.93. The van der Waals surface area contributed by atoms with Crippen molar-refractivity contribution in [3.05, 3.63) is 106 Å². The number of carbonyl (C=O) groups is 1. The minimum atomic E-state index is -0.218. The Morgan fingerprint density at radius 2 is 1.59 bits per heavy atom. The Morgan fingerprint density at radius 1 is 0.906 bits per heavy atom. The van der Waals surface area contributed by atoms with Crippen molar-refractivity contribution in [3.8, 4) is 5.75 Å². The molecular formula is C26H25N3O3. The smallest absolute Gasteiger partial charge is 0.261 e. The SMILES string of the molecule is Cc1cccc(C)c1OCC(=O)N(Cc1ccccc1)Cc1nc2ccccc2c(=O)[nH]1. The highest BCUT2D eigenvalue weighted by Gasteiger charge is 2.18. The molecule has 1 amide bonds. The van der Waals surface area contributed by atoms with Crippen molar-refractivity contribution < 1.29 is 9.53 Å². The molecule has 162 valence electrons. The number of rotatable bonds is 7. The van der Waals surface area contributed by atoms with Crippen LogP contribution in [0, 0.1) is 13.8 Å². The summed E-state index contributed by atoms with van der Waals surface area (Å²) in [5, 5.41) is 0.524. The normalized spacial score (nSPS) is 10.8. The van der Waals surface area contributed by atoms with Crippen LogP contribution in [0.5, 0.6) is 5.75 Å². The first-order valence-electron chi connectivity index (χ1n) is 10.5. The minimum Gasteiger partial charge on any atom is -0.483 e. The molecule has 0 saturated carbocycles. The lowest BCUT2D eigenvalue weighted by molar-refractivity contribution is -0.134. The van der Waals surface area contributed by atoms with Crippen molar-refractivity contribution in [1.82, 2.24) is 14.9 Å². The number of fused-ring (bicyclic) bond motifs is 1. The van der Waals surface area contributed by atoms with Crippen molar-refractivity contribution in [2.45, 2.75) is 26.9 Å². The molecule has 1 aromatic heterocycles. The number of amides is 1. The quantitative estimate of drug-likeness (QED) is 0.481. The molecule has 0 aliphatic rings. The zero-order chi connectivity index (χ0) is 22.5. The van der Waals surface area contributed by atoms with E-state index in [4.69, 9.17) is 4.74 Å². The second-order valence-corrected chi connectivity index (χ2v) is 7.77. The molecule has 0 aliphatic carbocycles. The van der Waals surface area contributed by atoms with Gasteiger partial charge in [0.1, 0.15) is 11.6 Å². The third kappa shape index (κ3) is 4.86. The zero-order valence-electron chi connectivity index (χ0n) is 18.2. The van der Waals surface area contributed by atoms with E-state index >= 15 is 0 Å². The van der Waals surface area contributed by atoms with E-state index in [1.165, 1.54) is 0 Å². The predicted octanol–water partition coefficient (Wildman–Crippen LogP) is 4.15. The fourth-order valence-corrected chi connectivity index (χ4v) is 3.68. The summed E-state index contributed by atoms with van der Waals surface area (Å²) >= 11 is 0. The third-order valence-electron chi connectivity index (χ3n) is 5.32. The number of carbonyl (C=O) groups excluding carboxylic acids is 1. The second kappa shape index (κ2) is 9.47. The summed E-state index contributed by atoms with van der Waals surface area (Å²) in [7, 11) is 0. The number of aryl methyl sites for hydroxylation is 2. The third-order valence-corrected chi connectivity index (χ3v) is 5.32. The predicted molar refractivity (Wildman–Crippen MR) is 124 cm³/mol. The van der Waals surface area contributed by atoms with Crippen molar-refractivity contribution in [2.75, 3.05) is 6.61 Å². The fraction of sp³-hybridized carbons (Fsp3) is 0.192. The average molecular weight is 428 g/mol. The van der Waals surface area contributed by atoms with Gasteiger partial charge < -0.3 is 14.6 Å². The van der Waals surface area contributed by atoms with Gasteiger partial charge in [0, 0.05) is 6.54 Å². The van der Waals surface area contributed by atoms with E-state index in [9.17, 15) is 9.59 Å². The molecule has 0 radical (unpaired) electrons.